The van der Waals surface area contributed by atoms with Crippen LogP contribution in [0, 0.1) is 17.2 Å². The zero-order valence-corrected chi connectivity index (χ0v) is 12.1. The van der Waals surface area contributed by atoms with Crippen LogP contribution in [0.15, 0.2) is 0 Å². The van der Waals surface area contributed by atoms with Gasteiger partial charge in [-0.15, -0.1) is 0 Å². The Bertz CT molecular complexity index is 314. The molecule has 0 spiro atoms. The minimum atomic E-state index is -0.370. The summed E-state index contributed by atoms with van der Waals surface area (Å²) in [5, 5.41) is 12.7. The van der Waals surface area contributed by atoms with Gasteiger partial charge < -0.3 is 0 Å². The van der Waals surface area contributed by atoms with Crippen molar-refractivity contribution in [1.82, 2.24) is 10.2 Å². The molecular formula is C15H27N3. The first-order valence-electron chi connectivity index (χ1n) is 7.50. The van der Waals surface area contributed by atoms with Gasteiger partial charge >= 0.3 is 0 Å². The van der Waals surface area contributed by atoms with Gasteiger partial charge in [-0.05, 0) is 58.4 Å². The molecule has 3 nitrogen and oxygen atoms in total. The summed E-state index contributed by atoms with van der Waals surface area (Å²) in [5.74, 6) is 0.945. The Morgan fingerprint density at radius 2 is 2.06 bits per heavy atom. The van der Waals surface area contributed by atoms with Crippen LogP contribution >= 0.6 is 0 Å². The molecule has 2 fully saturated rings. The summed E-state index contributed by atoms with van der Waals surface area (Å²) >= 11 is 0. The van der Waals surface area contributed by atoms with Crippen LogP contribution in [0.25, 0.3) is 0 Å². The first-order chi connectivity index (χ1) is 8.58. The molecule has 102 valence electrons. The quantitative estimate of drug-likeness (QED) is 0.718. The molecule has 18 heavy (non-hydrogen) atoms. The summed E-state index contributed by atoms with van der Waals surface area (Å²) in [5.41, 5.74) is -0.370. The Morgan fingerprint density at radius 3 is 2.50 bits per heavy atom. The van der Waals surface area contributed by atoms with Crippen LogP contribution in [-0.4, -0.2) is 35.6 Å². The summed E-state index contributed by atoms with van der Waals surface area (Å²) in [6, 6.07) is 3.78. The second-order valence-electron chi connectivity index (χ2n) is 6.40. The highest BCUT2D eigenvalue weighted by molar-refractivity contribution is 5.06. The van der Waals surface area contributed by atoms with Gasteiger partial charge in [-0.1, -0.05) is 6.92 Å². The molecule has 0 aromatic rings. The molecule has 0 heterocycles. The molecule has 2 saturated carbocycles. The fourth-order valence-corrected chi connectivity index (χ4v) is 2.95. The van der Waals surface area contributed by atoms with Crippen molar-refractivity contribution < 1.29 is 0 Å². The van der Waals surface area contributed by atoms with E-state index in [0.29, 0.717) is 6.04 Å². The lowest BCUT2D eigenvalue weighted by atomic mass is 9.94. The molecule has 0 aromatic heterocycles. The van der Waals surface area contributed by atoms with Crippen molar-refractivity contribution in [1.29, 1.82) is 5.26 Å². The van der Waals surface area contributed by atoms with E-state index in [1.54, 1.807) is 0 Å². The third kappa shape index (κ3) is 3.70. The summed E-state index contributed by atoms with van der Waals surface area (Å²) in [4.78, 5) is 2.67. The molecule has 2 aliphatic rings. The Hall–Kier alpha value is -0.590. The minimum Gasteiger partial charge on any atom is -0.300 e. The molecule has 0 bridgehead atoms. The molecule has 0 saturated heterocycles. The van der Waals surface area contributed by atoms with Crippen LogP contribution in [0.3, 0.4) is 0 Å². The number of hydrogen-bond acceptors (Lipinski definition) is 3. The number of nitriles is 1. The fourth-order valence-electron chi connectivity index (χ4n) is 2.95. The zero-order valence-electron chi connectivity index (χ0n) is 12.1. The lowest BCUT2D eigenvalue weighted by Crippen LogP contribution is -2.48. The van der Waals surface area contributed by atoms with Crippen molar-refractivity contribution >= 4 is 0 Å². The lowest BCUT2D eigenvalue weighted by Gasteiger charge is -2.34. The fraction of sp³-hybridized carbons (Fsp3) is 0.933. The molecule has 2 aliphatic carbocycles. The molecule has 0 aliphatic heterocycles. The predicted molar refractivity (Wildman–Crippen MR) is 74.2 cm³/mol. The van der Waals surface area contributed by atoms with Crippen molar-refractivity contribution in [3.63, 3.8) is 0 Å². The van der Waals surface area contributed by atoms with Crippen molar-refractivity contribution in [3.8, 4) is 6.07 Å². The van der Waals surface area contributed by atoms with Crippen LogP contribution in [0.2, 0.25) is 0 Å². The van der Waals surface area contributed by atoms with Gasteiger partial charge in [-0.3, -0.25) is 10.2 Å². The Balaban J connectivity index is 1.90. The van der Waals surface area contributed by atoms with E-state index in [2.05, 4.69) is 30.1 Å². The highest BCUT2D eigenvalue weighted by atomic mass is 15.2. The summed E-state index contributed by atoms with van der Waals surface area (Å²) < 4.78 is 0. The van der Waals surface area contributed by atoms with Gasteiger partial charge in [-0.25, -0.2) is 0 Å². The molecule has 0 aromatic carbocycles. The van der Waals surface area contributed by atoms with E-state index >= 15 is 0 Å². The second kappa shape index (κ2) is 5.59. The van der Waals surface area contributed by atoms with Gasteiger partial charge in [0.05, 0.1) is 6.07 Å². The molecule has 2 rings (SSSR count). The largest absolute Gasteiger partial charge is 0.300 e. The van der Waals surface area contributed by atoms with Crippen LogP contribution in [-0.2, 0) is 0 Å². The first-order valence-corrected chi connectivity index (χ1v) is 7.50. The summed E-state index contributed by atoms with van der Waals surface area (Å²) in [7, 11) is 0. The van der Waals surface area contributed by atoms with Gasteiger partial charge in [0.15, 0.2) is 0 Å². The average molecular weight is 249 g/mol. The maximum Gasteiger partial charge on any atom is 0.105 e. The van der Waals surface area contributed by atoms with Crippen LogP contribution in [0.4, 0.5) is 0 Å². The van der Waals surface area contributed by atoms with Gasteiger partial charge in [0.2, 0.25) is 0 Å². The maximum atomic E-state index is 9.36. The van der Waals surface area contributed by atoms with Crippen molar-refractivity contribution in [2.24, 2.45) is 5.92 Å². The van der Waals surface area contributed by atoms with E-state index in [1.165, 1.54) is 32.2 Å². The van der Waals surface area contributed by atoms with E-state index < -0.39 is 0 Å². The molecule has 0 amide bonds. The van der Waals surface area contributed by atoms with Gasteiger partial charge in [0.25, 0.3) is 0 Å². The minimum absolute atomic E-state index is 0.370. The van der Waals surface area contributed by atoms with E-state index in [0.717, 1.165) is 24.9 Å². The smallest absolute Gasteiger partial charge is 0.105 e. The monoisotopic (exact) mass is 249 g/mol. The molecule has 2 unspecified atom stereocenters. The molecule has 2 atom stereocenters. The Labute approximate surface area is 112 Å². The summed E-state index contributed by atoms with van der Waals surface area (Å²) in [6.45, 7) is 8.54. The lowest BCUT2D eigenvalue weighted by molar-refractivity contribution is 0.161. The second-order valence-corrected chi connectivity index (χ2v) is 6.40. The highest BCUT2D eigenvalue weighted by Crippen LogP contribution is 2.37. The Morgan fingerprint density at radius 1 is 1.39 bits per heavy atom. The average Bonchev–Trinajstić information content (AvgIpc) is 3.18. The standard InChI is InChI=1S/C15H27N3/c1-4-17-15(3,11-16)9-12(2)18(14-7-8-14)10-13-5-6-13/h12-14,17H,4-10H2,1-3H3. The van der Waals surface area contributed by atoms with E-state index in [-0.39, 0.29) is 5.54 Å². The molecule has 1 N–H and O–H groups in total. The van der Waals surface area contributed by atoms with Gasteiger partial charge in [0, 0.05) is 18.6 Å². The SMILES string of the molecule is CCNC(C)(C#N)CC(C)N(CC1CC1)C1CC1. The topological polar surface area (TPSA) is 39.1 Å². The van der Waals surface area contributed by atoms with Crippen molar-refractivity contribution in [2.45, 2.75) is 70.5 Å². The molecular weight excluding hydrogens is 222 g/mol. The van der Waals surface area contributed by atoms with E-state index in [4.69, 9.17) is 0 Å². The van der Waals surface area contributed by atoms with Crippen LogP contribution < -0.4 is 5.32 Å². The van der Waals surface area contributed by atoms with Crippen molar-refractivity contribution in [3.05, 3.63) is 0 Å². The number of hydrogen-bond donors (Lipinski definition) is 1. The van der Waals surface area contributed by atoms with Gasteiger partial charge in [-0.2, -0.15) is 5.26 Å². The van der Waals surface area contributed by atoms with E-state index in [9.17, 15) is 5.26 Å². The zero-order chi connectivity index (χ0) is 13.2. The first kappa shape index (κ1) is 13.8. The van der Waals surface area contributed by atoms with Crippen LogP contribution in [0.5, 0.6) is 0 Å². The van der Waals surface area contributed by atoms with Crippen molar-refractivity contribution in [2.75, 3.05) is 13.1 Å². The maximum absolute atomic E-state index is 9.36. The number of rotatable bonds is 8. The predicted octanol–water partition coefficient (Wildman–Crippen LogP) is 2.53. The normalized spacial score (nSPS) is 24.6. The Kier molecular flexibility index (Phi) is 4.29. The van der Waals surface area contributed by atoms with Gasteiger partial charge in [0.1, 0.15) is 5.54 Å². The highest BCUT2D eigenvalue weighted by Gasteiger charge is 2.38. The number of nitrogens with zero attached hydrogens (tertiary/aromatic N) is 2. The third-order valence-corrected chi connectivity index (χ3v) is 4.27. The third-order valence-electron chi connectivity index (χ3n) is 4.27. The van der Waals surface area contributed by atoms with Crippen LogP contribution in [0.1, 0.15) is 52.9 Å². The molecule has 3 heteroatoms. The molecule has 0 radical (unpaired) electrons. The van der Waals surface area contributed by atoms with E-state index in [1.807, 2.05) is 6.92 Å². The number of nitrogens with one attached hydrogen (secondary N) is 1. The summed E-state index contributed by atoms with van der Waals surface area (Å²) in [6.07, 6.45) is 6.49.